The van der Waals surface area contributed by atoms with Gasteiger partial charge in [-0.3, -0.25) is 0 Å². The maximum Gasteiger partial charge on any atom is 0.143 e. The van der Waals surface area contributed by atoms with E-state index in [9.17, 15) is 0 Å². The quantitative estimate of drug-likeness (QED) is 0.160. The fourth-order valence-corrected chi connectivity index (χ4v) is 10.3. The molecule has 0 fully saturated rings. The number of thiophene rings is 1. The van der Waals surface area contributed by atoms with Gasteiger partial charge in [0.2, 0.25) is 0 Å². The van der Waals surface area contributed by atoms with Gasteiger partial charge >= 0.3 is 0 Å². The summed E-state index contributed by atoms with van der Waals surface area (Å²) in [7, 11) is 0. The summed E-state index contributed by atoms with van der Waals surface area (Å²) in [6.45, 7) is 0. The second-order valence-electron chi connectivity index (χ2n) is 15.6. The van der Waals surface area contributed by atoms with Gasteiger partial charge < -0.3 is 9.32 Å². The van der Waals surface area contributed by atoms with Crippen LogP contribution in [0.5, 0.6) is 0 Å². The van der Waals surface area contributed by atoms with E-state index in [0.717, 1.165) is 50.1 Å². The highest BCUT2D eigenvalue weighted by Gasteiger charge is 2.21. The van der Waals surface area contributed by atoms with E-state index in [1.165, 1.54) is 64.3 Å². The molecular weight excluding hydrogens is 759 g/mol. The number of furan rings is 1. The van der Waals surface area contributed by atoms with Gasteiger partial charge in [-0.2, -0.15) is 0 Å². The van der Waals surface area contributed by atoms with Crippen molar-refractivity contribution in [1.29, 1.82) is 0 Å². The van der Waals surface area contributed by atoms with Crippen LogP contribution in [0.2, 0.25) is 0 Å². The van der Waals surface area contributed by atoms with E-state index in [1.807, 2.05) is 23.5 Å². The van der Waals surface area contributed by atoms with Crippen LogP contribution in [0, 0.1) is 0 Å². The molecule has 0 unspecified atom stereocenters. The van der Waals surface area contributed by atoms with Gasteiger partial charge in [0.05, 0.1) is 5.69 Å². The van der Waals surface area contributed by atoms with Crippen LogP contribution >= 0.6 is 11.3 Å². The van der Waals surface area contributed by atoms with Crippen LogP contribution in [0.15, 0.2) is 229 Å². The van der Waals surface area contributed by atoms with Crippen molar-refractivity contribution in [3.8, 4) is 44.5 Å². The Morgan fingerprint density at radius 3 is 1.66 bits per heavy atom. The minimum Gasteiger partial charge on any atom is -0.455 e. The monoisotopic (exact) mass is 795 g/mol. The molecule has 0 saturated carbocycles. The van der Waals surface area contributed by atoms with Crippen LogP contribution in [-0.2, 0) is 0 Å². The predicted molar refractivity (Wildman–Crippen MR) is 261 cm³/mol. The van der Waals surface area contributed by atoms with Crippen molar-refractivity contribution in [3.05, 3.63) is 224 Å². The van der Waals surface area contributed by atoms with Gasteiger partial charge in [0, 0.05) is 53.4 Å². The zero-order chi connectivity index (χ0) is 40.3. The van der Waals surface area contributed by atoms with Gasteiger partial charge in [0.1, 0.15) is 11.2 Å². The Labute approximate surface area is 357 Å². The molecule has 12 rings (SSSR count). The van der Waals surface area contributed by atoms with Gasteiger partial charge in [0.25, 0.3) is 0 Å². The average Bonchev–Trinajstić information content (AvgIpc) is 3.91. The predicted octanol–water partition coefficient (Wildman–Crippen LogP) is 17.2. The van der Waals surface area contributed by atoms with Crippen molar-refractivity contribution < 1.29 is 4.42 Å². The zero-order valence-electron chi connectivity index (χ0n) is 33.1. The van der Waals surface area contributed by atoms with E-state index in [2.05, 4.69) is 217 Å². The fourth-order valence-electron chi connectivity index (χ4n) is 9.21. The summed E-state index contributed by atoms with van der Waals surface area (Å²) in [6.07, 6.45) is 0. The van der Waals surface area contributed by atoms with Crippen LogP contribution in [0.3, 0.4) is 0 Å². The van der Waals surface area contributed by atoms with E-state index in [-0.39, 0.29) is 0 Å². The minimum atomic E-state index is 0.905. The van der Waals surface area contributed by atoms with Crippen LogP contribution < -0.4 is 4.90 Å². The van der Waals surface area contributed by atoms with E-state index >= 15 is 0 Å². The smallest absolute Gasteiger partial charge is 0.143 e. The normalized spacial score (nSPS) is 11.6. The van der Waals surface area contributed by atoms with Gasteiger partial charge in [-0.1, -0.05) is 176 Å². The first-order valence-corrected chi connectivity index (χ1v) is 21.6. The number of anilines is 3. The Bertz CT molecular complexity index is 3570. The SMILES string of the molecule is c1ccc(N(c2ccc(-c3ccc(-c4cccc5ccccc45)cc3)cc2)c2ccc(-c3cccc4c3oc3ccccc34)cc2)c(-c2cccc3sc4ccccc4c23)c1. The second kappa shape index (κ2) is 14.5. The molecule has 0 radical (unpaired) electrons. The first-order valence-electron chi connectivity index (χ1n) is 20.7. The Morgan fingerprint density at radius 2 is 0.836 bits per heavy atom. The van der Waals surface area contributed by atoms with Crippen LogP contribution in [-0.4, -0.2) is 0 Å². The highest BCUT2D eigenvalue weighted by molar-refractivity contribution is 7.25. The number of benzene rings is 10. The molecule has 0 spiro atoms. The molecule has 0 saturated heterocycles. The summed E-state index contributed by atoms with van der Waals surface area (Å²) in [4.78, 5) is 2.40. The summed E-state index contributed by atoms with van der Waals surface area (Å²) in [5.74, 6) is 0. The maximum atomic E-state index is 6.46. The molecule has 286 valence electrons. The molecule has 2 heterocycles. The molecule has 0 bridgehead atoms. The van der Waals surface area contributed by atoms with Crippen LogP contribution in [0.25, 0.3) is 97.4 Å². The number of rotatable bonds is 7. The Morgan fingerprint density at radius 1 is 0.328 bits per heavy atom. The Kier molecular flexibility index (Phi) is 8.39. The van der Waals surface area contributed by atoms with E-state index in [0.29, 0.717) is 0 Å². The topological polar surface area (TPSA) is 16.4 Å². The first-order chi connectivity index (χ1) is 30.2. The molecule has 2 aromatic heterocycles. The third-order valence-electron chi connectivity index (χ3n) is 12.1. The summed E-state index contributed by atoms with van der Waals surface area (Å²) in [5, 5.41) is 7.38. The molecule has 0 amide bonds. The third kappa shape index (κ3) is 6.01. The molecule has 0 N–H and O–H groups in total. The number of nitrogens with zero attached hydrogens (tertiary/aromatic N) is 1. The summed E-state index contributed by atoms with van der Waals surface area (Å²) in [5.41, 5.74) is 14.5. The molecule has 0 aliphatic carbocycles. The maximum absolute atomic E-state index is 6.46. The number of para-hydroxylation sites is 3. The standard InChI is InChI=1S/C58H37NOS/c1-2-14-45-40(12-1)13-9-18-46(45)41-28-26-38(27-29-41)39-30-34-43(35-31-39)59(44-36-32-42(33-37-44)47-19-10-21-51-49-16-4-7-23-54(49)60-58(47)51)53-22-6-3-15-48(53)50-20-11-25-56-57(50)52-17-5-8-24-55(52)61-56/h1-37H. The average molecular weight is 796 g/mol. The van der Waals surface area contributed by atoms with Gasteiger partial charge in [0.15, 0.2) is 0 Å². The van der Waals surface area contributed by atoms with Gasteiger partial charge in [-0.25, -0.2) is 0 Å². The molecule has 3 heteroatoms. The lowest BCUT2D eigenvalue weighted by Crippen LogP contribution is -2.11. The molecule has 61 heavy (non-hydrogen) atoms. The Balaban J connectivity index is 0.971. The number of fused-ring (bicyclic) bond motifs is 7. The van der Waals surface area contributed by atoms with Crippen molar-refractivity contribution in [2.45, 2.75) is 0 Å². The summed E-state index contributed by atoms with van der Waals surface area (Å²) in [6, 6.07) is 81.1. The van der Waals surface area contributed by atoms with E-state index in [1.54, 1.807) is 0 Å². The molecule has 12 aromatic rings. The molecule has 0 atom stereocenters. The van der Waals surface area contributed by atoms with Crippen LogP contribution in [0.4, 0.5) is 17.1 Å². The van der Waals surface area contributed by atoms with Crippen molar-refractivity contribution in [3.63, 3.8) is 0 Å². The third-order valence-corrected chi connectivity index (χ3v) is 13.3. The first kappa shape index (κ1) is 35.2. The summed E-state index contributed by atoms with van der Waals surface area (Å²) >= 11 is 1.86. The second-order valence-corrected chi connectivity index (χ2v) is 16.7. The molecule has 0 aliphatic heterocycles. The molecular formula is C58H37NOS. The van der Waals surface area contributed by atoms with Crippen molar-refractivity contribution >= 4 is 81.3 Å². The van der Waals surface area contributed by atoms with Gasteiger partial charge in [-0.05, 0) is 92.7 Å². The lowest BCUT2D eigenvalue weighted by atomic mass is 9.95. The molecule has 0 aliphatic rings. The minimum absolute atomic E-state index is 0.905. The van der Waals surface area contributed by atoms with E-state index < -0.39 is 0 Å². The lowest BCUT2D eigenvalue weighted by Gasteiger charge is -2.28. The highest BCUT2D eigenvalue weighted by Crippen LogP contribution is 2.47. The van der Waals surface area contributed by atoms with E-state index in [4.69, 9.17) is 4.42 Å². The molecule has 2 nitrogen and oxygen atoms in total. The Hall–Kier alpha value is -7.72. The largest absolute Gasteiger partial charge is 0.455 e. The molecule has 10 aromatic carbocycles. The highest BCUT2D eigenvalue weighted by atomic mass is 32.1. The van der Waals surface area contributed by atoms with Crippen LogP contribution in [0.1, 0.15) is 0 Å². The summed E-state index contributed by atoms with van der Waals surface area (Å²) < 4.78 is 9.05. The van der Waals surface area contributed by atoms with Crippen molar-refractivity contribution in [1.82, 2.24) is 0 Å². The number of hydrogen-bond donors (Lipinski definition) is 0. The van der Waals surface area contributed by atoms with Crippen molar-refractivity contribution in [2.75, 3.05) is 4.90 Å². The fraction of sp³-hybridized carbons (Fsp3) is 0. The number of hydrogen-bond acceptors (Lipinski definition) is 3. The lowest BCUT2D eigenvalue weighted by molar-refractivity contribution is 0.670. The van der Waals surface area contributed by atoms with Gasteiger partial charge in [-0.15, -0.1) is 11.3 Å². The van der Waals surface area contributed by atoms with Crippen molar-refractivity contribution in [2.24, 2.45) is 0 Å². The zero-order valence-corrected chi connectivity index (χ0v) is 33.9.